The molecule has 8 nitrogen and oxygen atoms in total. The van der Waals surface area contributed by atoms with E-state index in [2.05, 4.69) is 15.5 Å². The number of benzene rings is 1. The Morgan fingerprint density at radius 1 is 1.18 bits per heavy atom. The van der Waals surface area contributed by atoms with Gasteiger partial charge in [-0.2, -0.15) is 0 Å². The highest BCUT2D eigenvalue weighted by Crippen LogP contribution is 2.28. The van der Waals surface area contributed by atoms with E-state index in [9.17, 15) is 14.7 Å². The van der Waals surface area contributed by atoms with Gasteiger partial charge in [0, 0.05) is 30.9 Å². The maximum absolute atomic E-state index is 13.3. The van der Waals surface area contributed by atoms with Crippen LogP contribution in [0.25, 0.3) is 11.1 Å². The van der Waals surface area contributed by atoms with Crippen molar-refractivity contribution >= 4 is 17.5 Å². The molecular formula is C25H30N4O4. The molecule has 2 amide bonds. The first kappa shape index (κ1) is 22.9. The summed E-state index contributed by atoms with van der Waals surface area (Å²) in [6, 6.07) is 10.4. The van der Waals surface area contributed by atoms with Gasteiger partial charge in [-0.1, -0.05) is 42.6 Å². The third-order valence-electron chi connectivity index (χ3n) is 6.44. The Balaban J connectivity index is 1.48. The largest absolute Gasteiger partial charge is 0.399 e. The number of hydrogen-bond acceptors (Lipinski definition) is 6. The van der Waals surface area contributed by atoms with E-state index in [1.165, 1.54) is 12.0 Å². The summed E-state index contributed by atoms with van der Waals surface area (Å²) in [6.45, 7) is 0.417. The van der Waals surface area contributed by atoms with Crippen molar-refractivity contribution in [3.8, 4) is 11.1 Å². The third kappa shape index (κ3) is 5.39. The molecule has 1 aromatic carbocycles. The summed E-state index contributed by atoms with van der Waals surface area (Å²) in [4.78, 5) is 36.9. The van der Waals surface area contributed by atoms with Crippen molar-refractivity contribution < 1.29 is 19.5 Å². The lowest BCUT2D eigenvalue weighted by Gasteiger charge is -2.33. The van der Waals surface area contributed by atoms with Gasteiger partial charge in [-0.25, -0.2) is 0 Å². The number of carbonyl (C=O) groups excluding carboxylic acids is 2. The Labute approximate surface area is 193 Å². The summed E-state index contributed by atoms with van der Waals surface area (Å²) in [5, 5.41) is 17.6. The summed E-state index contributed by atoms with van der Waals surface area (Å²) in [7, 11) is 1.45. The highest BCUT2D eigenvalue weighted by atomic mass is 16.6. The van der Waals surface area contributed by atoms with Gasteiger partial charge in [0.05, 0.1) is 17.9 Å². The first-order valence-electron chi connectivity index (χ1n) is 11.4. The van der Waals surface area contributed by atoms with Crippen LogP contribution in [0.1, 0.15) is 48.9 Å². The molecule has 8 heteroatoms. The van der Waals surface area contributed by atoms with Gasteiger partial charge in [0.15, 0.2) is 0 Å². The second-order valence-electron chi connectivity index (χ2n) is 8.81. The lowest BCUT2D eigenvalue weighted by atomic mass is 9.85. The number of aliphatic hydroxyl groups is 1. The molecule has 2 N–H and O–H groups in total. The first-order chi connectivity index (χ1) is 16.0. The molecule has 174 valence electrons. The zero-order chi connectivity index (χ0) is 23.3. The van der Waals surface area contributed by atoms with Crippen molar-refractivity contribution in [2.45, 2.75) is 50.2 Å². The quantitative estimate of drug-likeness (QED) is 0.659. The van der Waals surface area contributed by atoms with Crippen LogP contribution in [0.3, 0.4) is 0 Å². The van der Waals surface area contributed by atoms with Crippen LogP contribution in [0.15, 0.2) is 53.9 Å². The van der Waals surface area contributed by atoms with E-state index in [0.29, 0.717) is 30.5 Å². The van der Waals surface area contributed by atoms with Crippen LogP contribution in [0.2, 0.25) is 0 Å². The Kier molecular flexibility index (Phi) is 7.03. The number of pyridine rings is 1. The molecule has 2 aliphatic rings. The summed E-state index contributed by atoms with van der Waals surface area (Å²) < 4.78 is 0. The highest BCUT2D eigenvalue weighted by molar-refractivity contribution is 6.05. The maximum Gasteiger partial charge on any atom is 0.254 e. The van der Waals surface area contributed by atoms with Crippen molar-refractivity contribution in [2.24, 2.45) is 5.16 Å². The van der Waals surface area contributed by atoms with Crippen LogP contribution in [-0.2, 0) is 9.63 Å². The number of rotatable bonds is 6. The molecule has 1 aliphatic carbocycles. The van der Waals surface area contributed by atoms with E-state index < -0.39 is 11.6 Å². The lowest BCUT2D eigenvalue weighted by molar-refractivity contribution is -0.126. The van der Waals surface area contributed by atoms with Crippen LogP contribution in [0, 0.1) is 0 Å². The number of hydrogen-bond donors (Lipinski definition) is 2. The average Bonchev–Trinajstić information content (AvgIpc) is 3.27. The van der Waals surface area contributed by atoms with E-state index in [0.717, 1.165) is 30.4 Å². The fraction of sp³-hybridized carbons (Fsp3) is 0.440. The number of aromatic nitrogens is 1. The number of oxime groups is 1. The zero-order valence-corrected chi connectivity index (χ0v) is 18.9. The molecule has 4 rings (SSSR count). The van der Waals surface area contributed by atoms with E-state index in [4.69, 9.17) is 4.84 Å². The van der Waals surface area contributed by atoms with Crippen LogP contribution in [-0.4, -0.2) is 64.4 Å². The number of amides is 2. The van der Waals surface area contributed by atoms with E-state index >= 15 is 0 Å². The second kappa shape index (κ2) is 10.1. The normalized spacial score (nSPS) is 21.1. The molecule has 2 heterocycles. The van der Waals surface area contributed by atoms with E-state index in [-0.39, 0.29) is 24.9 Å². The highest BCUT2D eigenvalue weighted by Gasteiger charge is 2.39. The Morgan fingerprint density at radius 2 is 1.94 bits per heavy atom. The minimum atomic E-state index is -0.868. The molecule has 1 saturated heterocycles. The molecule has 1 unspecified atom stereocenters. The fourth-order valence-electron chi connectivity index (χ4n) is 4.61. The molecule has 1 aromatic heterocycles. The third-order valence-corrected chi connectivity index (χ3v) is 6.44. The number of nitrogens with one attached hydrogen (secondary N) is 1. The van der Waals surface area contributed by atoms with Gasteiger partial charge in [-0.3, -0.25) is 14.6 Å². The lowest BCUT2D eigenvalue weighted by Crippen LogP contribution is -2.50. The monoisotopic (exact) mass is 450 g/mol. The predicted molar refractivity (Wildman–Crippen MR) is 125 cm³/mol. The minimum absolute atomic E-state index is 0.195. The van der Waals surface area contributed by atoms with E-state index in [1.807, 2.05) is 24.3 Å². The van der Waals surface area contributed by atoms with Crippen LogP contribution >= 0.6 is 0 Å². The maximum atomic E-state index is 13.3. The molecule has 1 saturated carbocycles. The summed E-state index contributed by atoms with van der Waals surface area (Å²) in [5.41, 5.74) is 2.18. The number of nitrogens with zero attached hydrogens (tertiary/aromatic N) is 3. The van der Waals surface area contributed by atoms with Gasteiger partial charge in [0.1, 0.15) is 13.2 Å². The molecule has 1 aliphatic heterocycles. The van der Waals surface area contributed by atoms with Gasteiger partial charge in [0.2, 0.25) is 5.91 Å². The molecule has 2 fully saturated rings. The van der Waals surface area contributed by atoms with E-state index in [1.54, 1.807) is 24.5 Å². The SMILES string of the molecule is CO/N=C1\CC(C(=O)NCC2(O)CCCCC2)N(C(=O)c2ccc(-c3cccnc3)cc2)C1. The molecule has 1 atom stereocenters. The van der Waals surface area contributed by atoms with Crippen molar-refractivity contribution in [2.75, 3.05) is 20.2 Å². The zero-order valence-electron chi connectivity index (χ0n) is 18.9. The molecule has 0 bridgehead atoms. The molecular weight excluding hydrogens is 420 g/mol. The van der Waals surface area contributed by atoms with Crippen LogP contribution < -0.4 is 5.32 Å². The van der Waals surface area contributed by atoms with Crippen molar-refractivity contribution in [3.63, 3.8) is 0 Å². The van der Waals surface area contributed by atoms with Crippen molar-refractivity contribution in [1.82, 2.24) is 15.2 Å². The fourth-order valence-corrected chi connectivity index (χ4v) is 4.61. The van der Waals surface area contributed by atoms with Crippen molar-refractivity contribution in [1.29, 1.82) is 0 Å². The smallest absolute Gasteiger partial charge is 0.254 e. The van der Waals surface area contributed by atoms with Gasteiger partial charge >= 0.3 is 0 Å². The summed E-state index contributed by atoms with van der Waals surface area (Å²) in [5.74, 6) is -0.527. The standard InChI is InChI=1S/C25H30N4O4/c1-33-28-21-14-22(23(30)27-17-25(32)11-3-2-4-12-25)29(16-21)24(31)19-9-7-18(8-10-19)20-6-5-13-26-15-20/h5-10,13,15,22,32H,2-4,11-12,14,16-17H2,1H3,(H,27,30)/b28-21+. The van der Waals surface area contributed by atoms with Crippen LogP contribution in [0.4, 0.5) is 0 Å². The van der Waals surface area contributed by atoms with Crippen LogP contribution in [0.5, 0.6) is 0 Å². The topological polar surface area (TPSA) is 104 Å². The molecule has 0 spiro atoms. The average molecular weight is 451 g/mol. The summed E-state index contributed by atoms with van der Waals surface area (Å²) >= 11 is 0. The van der Waals surface area contributed by atoms with Gasteiger partial charge in [-0.05, 0) is 42.2 Å². The number of carbonyl (C=O) groups is 2. The Bertz CT molecular complexity index is 1000. The predicted octanol–water partition coefficient (Wildman–Crippen LogP) is 2.78. The van der Waals surface area contributed by atoms with Gasteiger partial charge in [0.25, 0.3) is 5.91 Å². The Morgan fingerprint density at radius 3 is 2.61 bits per heavy atom. The number of likely N-dealkylation sites (tertiary alicyclic amines) is 1. The first-order valence-corrected chi connectivity index (χ1v) is 11.4. The Hall–Kier alpha value is -3.26. The summed E-state index contributed by atoms with van der Waals surface area (Å²) in [6.07, 6.45) is 8.17. The van der Waals surface area contributed by atoms with Crippen molar-refractivity contribution in [3.05, 3.63) is 54.4 Å². The van der Waals surface area contributed by atoms with Gasteiger partial charge < -0.3 is 20.2 Å². The molecule has 33 heavy (non-hydrogen) atoms. The molecule has 0 radical (unpaired) electrons. The molecule has 2 aromatic rings. The second-order valence-corrected chi connectivity index (χ2v) is 8.81. The van der Waals surface area contributed by atoms with Gasteiger partial charge in [-0.15, -0.1) is 0 Å². The minimum Gasteiger partial charge on any atom is -0.399 e.